The maximum atomic E-state index is 12.9. The smallest absolute Gasteiger partial charge is 0.319 e. The number of anilines is 1. The van der Waals surface area contributed by atoms with E-state index in [0.29, 0.717) is 19.4 Å². The number of hydrogen-bond acceptors (Lipinski definition) is 2. The van der Waals surface area contributed by atoms with Gasteiger partial charge in [-0.2, -0.15) is 0 Å². The van der Waals surface area contributed by atoms with Gasteiger partial charge in [-0.25, -0.2) is 13.6 Å². The molecule has 0 saturated carbocycles. The Bertz CT molecular complexity index is 509. The molecule has 1 atom stereocenters. The first-order valence-electron chi connectivity index (χ1n) is 6.60. The van der Waals surface area contributed by atoms with Gasteiger partial charge in [0.05, 0.1) is 0 Å². The fraction of sp³-hybridized carbons (Fsp3) is 0.429. The van der Waals surface area contributed by atoms with E-state index in [0.717, 1.165) is 12.1 Å². The highest BCUT2D eigenvalue weighted by Gasteiger charge is 2.08. The summed E-state index contributed by atoms with van der Waals surface area (Å²) in [5.41, 5.74) is 0.158. The molecular weight excluding hydrogens is 282 g/mol. The van der Waals surface area contributed by atoms with E-state index in [1.54, 1.807) is 0 Å². The van der Waals surface area contributed by atoms with E-state index in [1.807, 2.05) is 6.92 Å². The number of urea groups is 1. The van der Waals surface area contributed by atoms with Gasteiger partial charge in [0.2, 0.25) is 0 Å². The molecule has 0 spiro atoms. The number of halogens is 2. The van der Waals surface area contributed by atoms with Crippen molar-refractivity contribution in [3.8, 4) is 0 Å². The summed E-state index contributed by atoms with van der Waals surface area (Å²) >= 11 is 0. The van der Waals surface area contributed by atoms with E-state index < -0.39 is 23.6 Å². The van der Waals surface area contributed by atoms with Crippen molar-refractivity contribution < 1.29 is 23.5 Å². The molecule has 1 aromatic carbocycles. The van der Waals surface area contributed by atoms with Crippen LogP contribution in [0.5, 0.6) is 0 Å². The molecule has 21 heavy (non-hydrogen) atoms. The number of carbonyl (C=O) groups excluding carboxylic acids is 1. The van der Waals surface area contributed by atoms with Crippen LogP contribution in [0.15, 0.2) is 18.2 Å². The van der Waals surface area contributed by atoms with Crippen LogP contribution in [0.3, 0.4) is 0 Å². The number of amides is 2. The molecule has 1 rings (SSSR count). The van der Waals surface area contributed by atoms with Crippen molar-refractivity contribution >= 4 is 17.7 Å². The average Bonchev–Trinajstić information content (AvgIpc) is 2.40. The van der Waals surface area contributed by atoms with E-state index in [4.69, 9.17) is 5.11 Å². The quantitative estimate of drug-likeness (QED) is 0.724. The SMILES string of the molecule is CC(CCNC(=O)Nc1ccc(F)c(F)c1)CCC(=O)O. The molecule has 116 valence electrons. The van der Waals surface area contributed by atoms with Gasteiger partial charge in [-0.15, -0.1) is 0 Å². The van der Waals surface area contributed by atoms with Crippen molar-refractivity contribution in [1.29, 1.82) is 0 Å². The summed E-state index contributed by atoms with van der Waals surface area (Å²) in [6.07, 6.45) is 1.28. The lowest BCUT2D eigenvalue weighted by Crippen LogP contribution is -2.30. The molecule has 1 unspecified atom stereocenters. The second kappa shape index (κ2) is 8.18. The number of carbonyl (C=O) groups is 2. The fourth-order valence-corrected chi connectivity index (χ4v) is 1.70. The summed E-state index contributed by atoms with van der Waals surface area (Å²) in [6.45, 7) is 2.27. The van der Waals surface area contributed by atoms with Gasteiger partial charge in [-0.1, -0.05) is 6.92 Å². The highest BCUT2D eigenvalue weighted by Crippen LogP contribution is 2.13. The minimum atomic E-state index is -1.03. The van der Waals surface area contributed by atoms with Crippen molar-refractivity contribution in [2.75, 3.05) is 11.9 Å². The minimum Gasteiger partial charge on any atom is -0.481 e. The second-order valence-corrected chi connectivity index (χ2v) is 4.84. The Morgan fingerprint density at radius 1 is 1.24 bits per heavy atom. The van der Waals surface area contributed by atoms with Crippen molar-refractivity contribution in [3.05, 3.63) is 29.8 Å². The van der Waals surface area contributed by atoms with Crippen LogP contribution in [0.2, 0.25) is 0 Å². The summed E-state index contributed by atoms with van der Waals surface area (Å²) in [5, 5.41) is 13.5. The minimum absolute atomic E-state index is 0.0994. The summed E-state index contributed by atoms with van der Waals surface area (Å²) < 4.78 is 25.7. The number of nitrogens with one attached hydrogen (secondary N) is 2. The molecule has 0 saturated heterocycles. The molecule has 0 bridgehead atoms. The van der Waals surface area contributed by atoms with E-state index in [9.17, 15) is 18.4 Å². The first kappa shape index (κ1) is 16.9. The number of hydrogen-bond donors (Lipinski definition) is 3. The Morgan fingerprint density at radius 3 is 2.57 bits per heavy atom. The summed E-state index contributed by atoms with van der Waals surface area (Å²) in [6, 6.07) is 2.56. The summed E-state index contributed by atoms with van der Waals surface area (Å²) in [7, 11) is 0. The predicted octanol–water partition coefficient (Wildman–Crippen LogP) is 2.98. The largest absolute Gasteiger partial charge is 0.481 e. The maximum absolute atomic E-state index is 12.9. The zero-order valence-electron chi connectivity index (χ0n) is 11.7. The molecule has 0 aliphatic heterocycles. The third-order valence-corrected chi connectivity index (χ3v) is 2.95. The highest BCUT2D eigenvalue weighted by molar-refractivity contribution is 5.89. The Hall–Kier alpha value is -2.18. The van der Waals surface area contributed by atoms with E-state index >= 15 is 0 Å². The van der Waals surface area contributed by atoms with E-state index in [2.05, 4.69) is 10.6 Å². The molecule has 0 aliphatic carbocycles. The van der Waals surface area contributed by atoms with Crippen molar-refractivity contribution in [1.82, 2.24) is 5.32 Å². The molecule has 2 amide bonds. The molecule has 0 aliphatic rings. The van der Waals surface area contributed by atoms with Crippen LogP contribution >= 0.6 is 0 Å². The Kier molecular flexibility index (Phi) is 6.58. The third-order valence-electron chi connectivity index (χ3n) is 2.95. The number of rotatable bonds is 7. The number of carboxylic acid groups (broad SMARTS) is 1. The van der Waals surface area contributed by atoms with Crippen LogP contribution in [-0.2, 0) is 4.79 Å². The first-order valence-corrected chi connectivity index (χ1v) is 6.60. The molecule has 3 N–H and O–H groups in total. The zero-order chi connectivity index (χ0) is 15.8. The monoisotopic (exact) mass is 300 g/mol. The van der Waals surface area contributed by atoms with Gasteiger partial charge >= 0.3 is 12.0 Å². The standard InChI is InChI=1S/C14H18F2N2O3/c1-9(2-5-13(19)20)6-7-17-14(21)18-10-3-4-11(15)12(16)8-10/h3-4,8-9H,2,5-7H2,1H3,(H,19,20)(H2,17,18,21). The maximum Gasteiger partial charge on any atom is 0.319 e. The van der Waals surface area contributed by atoms with Crippen LogP contribution in [0.4, 0.5) is 19.3 Å². The van der Waals surface area contributed by atoms with Crippen LogP contribution in [0.25, 0.3) is 0 Å². The lowest BCUT2D eigenvalue weighted by molar-refractivity contribution is -0.137. The van der Waals surface area contributed by atoms with Crippen molar-refractivity contribution in [2.24, 2.45) is 5.92 Å². The normalized spacial score (nSPS) is 11.8. The fourth-order valence-electron chi connectivity index (χ4n) is 1.70. The molecule has 0 radical (unpaired) electrons. The van der Waals surface area contributed by atoms with E-state index in [1.165, 1.54) is 6.07 Å². The van der Waals surface area contributed by atoms with Gasteiger partial charge in [0, 0.05) is 24.7 Å². The number of aliphatic carboxylic acids is 1. The van der Waals surface area contributed by atoms with Crippen LogP contribution in [0.1, 0.15) is 26.2 Å². The number of benzene rings is 1. The predicted molar refractivity (Wildman–Crippen MR) is 74.0 cm³/mol. The topological polar surface area (TPSA) is 78.4 Å². The molecule has 7 heteroatoms. The number of carboxylic acids is 1. The second-order valence-electron chi connectivity index (χ2n) is 4.84. The lowest BCUT2D eigenvalue weighted by atomic mass is 10.0. The molecule has 0 heterocycles. The Morgan fingerprint density at radius 2 is 1.95 bits per heavy atom. The van der Waals surface area contributed by atoms with Crippen LogP contribution in [-0.4, -0.2) is 23.7 Å². The van der Waals surface area contributed by atoms with E-state index in [-0.39, 0.29) is 18.0 Å². The first-order chi connectivity index (χ1) is 9.88. The van der Waals surface area contributed by atoms with Crippen LogP contribution in [0, 0.1) is 17.6 Å². The van der Waals surface area contributed by atoms with Crippen LogP contribution < -0.4 is 10.6 Å². The van der Waals surface area contributed by atoms with Gasteiger partial charge in [0.15, 0.2) is 11.6 Å². The summed E-state index contributed by atoms with van der Waals surface area (Å²) in [5.74, 6) is -2.68. The molecule has 0 aromatic heterocycles. The van der Waals surface area contributed by atoms with Gasteiger partial charge < -0.3 is 15.7 Å². The molecule has 0 fully saturated rings. The zero-order valence-corrected chi connectivity index (χ0v) is 11.7. The van der Waals surface area contributed by atoms with Gasteiger partial charge in [-0.05, 0) is 30.9 Å². The van der Waals surface area contributed by atoms with Crippen molar-refractivity contribution in [3.63, 3.8) is 0 Å². The molecule has 1 aromatic rings. The van der Waals surface area contributed by atoms with Crippen molar-refractivity contribution in [2.45, 2.75) is 26.2 Å². The average molecular weight is 300 g/mol. The van der Waals surface area contributed by atoms with Gasteiger partial charge in [0.1, 0.15) is 0 Å². The summed E-state index contributed by atoms with van der Waals surface area (Å²) in [4.78, 5) is 21.9. The Labute approximate surface area is 121 Å². The molecular formula is C14H18F2N2O3. The third kappa shape index (κ3) is 6.69. The highest BCUT2D eigenvalue weighted by atomic mass is 19.2. The van der Waals surface area contributed by atoms with Gasteiger partial charge in [0.25, 0.3) is 0 Å². The Balaban J connectivity index is 2.27. The molecule has 5 nitrogen and oxygen atoms in total. The van der Waals surface area contributed by atoms with Gasteiger partial charge in [-0.3, -0.25) is 4.79 Å². The lowest BCUT2D eigenvalue weighted by Gasteiger charge is -2.11.